The van der Waals surface area contributed by atoms with E-state index in [1.165, 1.54) is 53.2 Å². The van der Waals surface area contributed by atoms with Gasteiger partial charge < -0.3 is 13.9 Å². The molecule has 0 N–H and O–H groups in total. The number of aromatic nitrogens is 4. The van der Waals surface area contributed by atoms with Gasteiger partial charge in [-0.1, -0.05) is 94.4 Å². The fourth-order valence-corrected chi connectivity index (χ4v) is 9.89. The Morgan fingerprint density at radius 2 is 1.41 bits per heavy atom. The van der Waals surface area contributed by atoms with Crippen LogP contribution < -0.4 is 4.74 Å². The fourth-order valence-electron chi connectivity index (χ4n) is 8.78. The van der Waals surface area contributed by atoms with E-state index in [2.05, 4.69) is 135 Å². The molecule has 11 rings (SSSR count). The molecule has 264 valence electrons. The van der Waals surface area contributed by atoms with Gasteiger partial charge in [0.05, 0.1) is 11.0 Å². The second-order valence-electron chi connectivity index (χ2n) is 15.7. The van der Waals surface area contributed by atoms with Crippen molar-refractivity contribution in [2.24, 2.45) is 0 Å². The number of hydrogen-bond donors (Lipinski definition) is 0. The van der Waals surface area contributed by atoms with E-state index in [0.29, 0.717) is 11.5 Å². The van der Waals surface area contributed by atoms with Crippen molar-refractivity contribution < 1.29 is 25.8 Å². The SMILES string of the molecule is CC(C)(C)c1ccnc2c1c1cccc3c1n2-c1[c-]c(Oc2[c-]c4c(cc2)c2ccc5sc6ccccc6c5c2n4-c2ccccn2)ccc1C3(C)C.[Pt+2]. The van der Waals surface area contributed by atoms with Crippen molar-refractivity contribution in [2.45, 2.75) is 45.4 Å². The molecule has 0 fully saturated rings. The van der Waals surface area contributed by atoms with Gasteiger partial charge in [0, 0.05) is 54.8 Å². The molecule has 0 atom stereocenters. The molecule has 5 aromatic carbocycles. The molecule has 0 bridgehead atoms. The predicted octanol–water partition coefficient (Wildman–Crippen LogP) is 12.4. The molecular weight excluding hydrogens is 864 g/mol. The van der Waals surface area contributed by atoms with Crippen molar-refractivity contribution in [3.05, 3.63) is 144 Å². The number of hydrogen-bond acceptors (Lipinski definition) is 4. The number of benzene rings is 5. The first-order valence-electron chi connectivity index (χ1n) is 18.1. The summed E-state index contributed by atoms with van der Waals surface area (Å²) in [4.78, 5) is 9.85. The molecule has 0 aliphatic carbocycles. The molecule has 0 spiro atoms. The molecule has 1 aliphatic heterocycles. The fraction of sp³-hybridized carbons (Fsp3) is 0.149. The number of pyridine rings is 2. The monoisotopic (exact) mass is 897 g/mol. The van der Waals surface area contributed by atoms with Gasteiger partial charge in [-0.05, 0) is 57.7 Å². The molecule has 0 amide bonds. The first-order valence-corrected chi connectivity index (χ1v) is 18.9. The Balaban J connectivity index is 0.00000361. The van der Waals surface area contributed by atoms with E-state index in [1.807, 2.05) is 48.0 Å². The Labute approximate surface area is 331 Å². The summed E-state index contributed by atoms with van der Waals surface area (Å²) in [5.74, 6) is 2.09. The largest absolute Gasteiger partial charge is 2.00 e. The van der Waals surface area contributed by atoms with Gasteiger partial charge in [0.1, 0.15) is 11.5 Å². The quantitative estimate of drug-likeness (QED) is 0.166. The zero-order valence-electron chi connectivity index (χ0n) is 30.4. The van der Waals surface area contributed by atoms with E-state index in [1.54, 1.807) is 0 Å². The number of fused-ring (bicyclic) bond motifs is 12. The smallest absolute Gasteiger partial charge is 0.509 e. The molecule has 6 heterocycles. The summed E-state index contributed by atoms with van der Waals surface area (Å²) in [5, 5.41) is 7.18. The van der Waals surface area contributed by atoms with E-state index in [9.17, 15) is 0 Å². The van der Waals surface area contributed by atoms with Gasteiger partial charge in [-0.2, -0.15) is 12.1 Å². The van der Waals surface area contributed by atoms with Crippen molar-refractivity contribution >= 4 is 75.3 Å². The summed E-state index contributed by atoms with van der Waals surface area (Å²) in [6, 6.07) is 43.9. The van der Waals surface area contributed by atoms with Crippen LogP contribution in [0.15, 0.2) is 116 Å². The number of thiophene rings is 1. The summed E-state index contributed by atoms with van der Waals surface area (Å²) in [5.41, 5.74) is 8.63. The Morgan fingerprint density at radius 1 is 0.630 bits per heavy atom. The van der Waals surface area contributed by atoms with Crippen molar-refractivity contribution in [3.63, 3.8) is 0 Å². The third-order valence-corrected chi connectivity index (χ3v) is 12.3. The van der Waals surface area contributed by atoms with Crippen molar-refractivity contribution in [1.82, 2.24) is 19.1 Å². The molecule has 54 heavy (non-hydrogen) atoms. The average molecular weight is 898 g/mol. The zero-order chi connectivity index (χ0) is 35.8. The van der Waals surface area contributed by atoms with Crippen LogP contribution in [0.4, 0.5) is 0 Å². The van der Waals surface area contributed by atoms with Crippen molar-refractivity contribution in [1.29, 1.82) is 0 Å². The Kier molecular flexibility index (Phi) is 7.15. The Bertz CT molecular complexity index is 3160. The van der Waals surface area contributed by atoms with Crippen LogP contribution in [0.25, 0.3) is 75.4 Å². The summed E-state index contributed by atoms with van der Waals surface area (Å²) in [6.07, 6.45) is 3.80. The van der Waals surface area contributed by atoms with Gasteiger partial charge in [-0.25, -0.2) is 9.97 Å². The van der Waals surface area contributed by atoms with Crippen molar-refractivity contribution in [2.75, 3.05) is 0 Å². The maximum absolute atomic E-state index is 6.72. The summed E-state index contributed by atoms with van der Waals surface area (Å²) in [6.45, 7) is 11.4. The van der Waals surface area contributed by atoms with Crippen molar-refractivity contribution in [3.8, 4) is 23.0 Å². The molecule has 7 heteroatoms. The number of nitrogens with zero attached hydrogens (tertiary/aromatic N) is 4. The first kappa shape index (κ1) is 33.3. The van der Waals surface area contributed by atoms with Gasteiger partial charge in [0.2, 0.25) is 0 Å². The third-order valence-electron chi connectivity index (χ3n) is 11.2. The van der Waals surface area contributed by atoms with Crippen LogP contribution in [0.3, 0.4) is 0 Å². The average Bonchev–Trinajstić information content (AvgIpc) is 3.81. The summed E-state index contributed by atoms with van der Waals surface area (Å²) < 4.78 is 13.8. The third kappa shape index (κ3) is 4.53. The first-order chi connectivity index (χ1) is 25.7. The zero-order valence-corrected chi connectivity index (χ0v) is 33.5. The normalized spacial score (nSPS) is 13.6. The number of rotatable bonds is 3. The molecular formula is C47H34N4OPtS. The maximum Gasteiger partial charge on any atom is 2.00 e. The molecule has 5 aromatic heterocycles. The molecule has 0 unspecified atom stereocenters. The van der Waals surface area contributed by atoms with E-state index >= 15 is 0 Å². The second kappa shape index (κ2) is 11.6. The molecule has 10 aromatic rings. The molecule has 5 nitrogen and oxygen atoms in total. The van der Waals surface area contributed by atoms with E-state index in [-0.39, 0.29) is 31.9 Å². The van der Waals surface area contributed by atoms with Crippen LogP contribution in [0.1, 0.15) is 51.3 Å². The van der Waals surface area contributed by atoms with Crippen LogP contribution >= 0.6 is 11.3 Å². The van der Waals surface area contributed by atoms with Gasteiger partial charge in [-0.15, -0.1) is 46.6 Å². The van der Waals surface area contributed by atoms with Crippen LogP contribution in [0.2, 0.25) is 0 Å². The summed E-state index contributed by atoms with van der Waals surface area (Å²) >= 11 is 1.82. The van der Waals surface area contributed by atoms with Crippen LogP contribution in [-0.2, 0) is 31.9 Å². The van der Waals surface area contributed by atoms with Gasteiger partial charge in [0.15, 0.2) is 0 Å². The minimum Gasteiger partial charge on any atom is -0.509 e. The minimum atomic E-state index is -0.248. The maximum atomic E-state index is 6.72. The number of ether oxygens (including phenoxy) is 1. The van der Waals surface area contributed by atoms with Gasteiger partial charge in [-0.3, -0.25) is 0 Å². The molecule has 1 aliphatic rings. The van der Waals surface area contributed by atoms with Crippen LogP contribution in [0, 0.1) is 12.1 Å². The standard InChI is InChI=1S/C47H34N4OS.Pt/c1-46(2,3)34-22-24-49-45-41(34)32-12-10-13-35-43(32)51(45)37-26-28(17-20-33(37)47(35,4)5)52-27-16-18-29-30-19-21-39-42(31-11-6-7-14-38(31)53-39)44(30)50(36(29)25-27)40-15-8-9-23-48-40;/h6-24H,1-5H3;/q-2;+2. The Morgan fingerprint density at radius 3 is 2.24 bits per heavy atom. The minimum absolute atomic E-state index is 0. The van der Waals surface area contributed by atoms with E-state index in [0.717, 1.165) is 39.0 Å². The molecule has 0 saturated carbocycles. The van der Waals surface area contributed by atoms with Gasteiger partial charge in [0.25, 0.3) is 0 Å². The molecule has 0 radical (unpaired) electrons. The second-order valence-corrected chi connectivity index (χ2v) is 16.8. The van der Waals surface area contributed by atoms with E-state index in [4.69, 9.17) is 14.7 Å². The predicted molar refractivity (Wildman–Crippen MR) is 219 cm³/mol. The van der Waals surface area contributed by atoms with Crippen LogP contribution in [0.5, 0.6) is 11.5 Å². The Hall–Kier alpha value is -5.29. The summed E-state index contributed by atoms with van der Waals surface area (Å²) in [7, 11) is 0. The van der Waals surface area contributed by atoms with E-state index < -0.39 is 0 Å². The topological polar surface area (TPSA) is 44.9 Å². The number of para-hydroxylation sites is 1. The van der Waals surface area contributed by atoms with Crippen LogP contribution in [-0.4, -0.2) is 19.1 Å². The molecule has 0 saturated heterocycles. The van der Waals surface area contributed by atoms with Gasteiger partial charge >= 0.3 is 21.1 Å².